The van der Waals surface area contributed by atoms with Crippen molar-refractivity contribution in [2.75, 3.05) is 7.11 Å². The summed E-state index contributed by atoms with van der Waals surface area (Å²) in [6.45, 7) is 1.53. The van der Waals surface area contributed by atoms with Gasteiger partial charge in [0.2, 0.25) is 0 Å². The van der Waals surface area contributed by atoms with Crippen LogP contribution in [0.5, 0.6) is 0 Å². The highest BCUT2D eigenvalue weighted by Crippen LogP contribution is 2.17. The Morgan fingerprint density at radius 3 is 2.71 bits per heavy atom. The number of esters is 1. The van der Waals surface area contributed by atoms with Crippen molar-refractivity contribution in [3.05, 3.63) is 34.6 Å². The number of carbonyl (C=O) groups excluding carboxylic acids is 1. The molecular weight excluding hydrogens is 185 g/mol. The molecule has 0 spiro atoms. The Morgan fingerprint density at radius 2 is 2.21 bits per heavy atom. The van der Waals surface area contributed by atoms with Gasteiger partial charge in [-0.25, -0.2) is 9.18 Å². The van der Waals surface area contributed by atoms with Gasteiger partial charge in [-0.05, 0) is 18.6 Å². The van der Waals surface area contributed by atoms with Gasteiger partial charge in [0.25, 0.3) is 0 Å². The third kappa shape index (κ3) is 1.57. The standard InChI is InChI=1S/C10H8FNO2/c1-6-3-4-7(10(13)14-2)8(5-12)9(6)11/h3-4H,1-2H3. The van der Waals surface area contributed by atoms with Crippen LogP contribution in [0.2, 0.25) is 0 Å². The smallest absolute Gasteiger partial charge is 0.339 e. The highest BCUT2D eigenvalue weighted by molar-refractivity contribution is 5.92. The van der Waals surface area contributed by atoms with Crippen LogP contribution in [0.25, 0.3) is 0 Å². The Morgan fingerprint density at radius 1 is 1.57 bits per heavy atom. The number of hydrogen-bond donors (Lipinski definition) is 0. The SMILES string of the molecule is COC(=O)c1ccc(C)c(F)c1C#N. The van der Waals surface area contributed by atoms with E-state index in [0.29, 0.717) is 5.56 Å². The first-order valence-corrected chi connectivity index (χ1v) is 3.89. The molecule has 4 heteroatoms. The average Bonchev–Trinajstić information content (AvgIpc) is 2.20. The molecule has 0 atom stereocenters. The van der Waals surface area contributed by atoms with Gasteiger partial charge < -0.3 is 4.74 Å². The van der Waals surface area contributed by atoms with Crippen molar-refractivity contribution in [3.63, 3.8) is 0 Å². The van der Waals surface area contributed by atoms with Gasteiger partial charge in [-0.2, -0.15) is 5.26 Å². The van der Waals surface area contributed by atoms with Crippen LogP contribution in [0.4, 0.5) is 4.39 Å². The topological polar surface area (TPSA) is 50.1 Å². The molecule has 0 fully saturated rings. The summed E-state index contributed by atoms with van der Waals surface area (Å²) in [6.07, 6.45) is 0. The molecule has 0 unspecified atom stereocenters. The minimum Gasteiger partial charge on any atom is -0.465 e. The lowest BCUT2D eigenvalue weighted by atomic mass is 10.0. The number of aryl methyl sites for hydroxylation is 1. The van der Waals surface area contributed by atoms with Crippen LogP contribution in [0.15, 0.2) is 12.1 Å². The molecule has 0 aliphatic rings. The second-order valence-corrected chi connectivity index (χ2v) is 2.72. The first-order chi connectivity index (χ1) is 6.61. The van der Waals surface area contributed by atoms with E-state index in [-0.39, 0.29) is 11.1 Å². The van der Waals surface area contributed by atoms with Crippen molar-refractivity contribution in [1.29, 1.82) is 5.26 Å². The van der Waals surface area contributed by atoms with Gasteiger partial charge in [-0.15, -0.1) is 0 Å². The largest absolute Gasteiger partial charge is 0.465 e. The molecule has 0 aliphatic carbocycles. The Kier molecular flexibility index (Phi) is 2.82. The monoisotopic (exact) mass is 193 g/mol. The van der Waals surface area contributed by atoms with Gasteiger partial charge in [-0.1, -0.05) is 6.07 Å². The van der Waals surface area contributed by atoms with Crippen LogP contribution >= 0.6 is 0 Å². The molecular formula is C10H8FNO2. The van der Waals surface area contributed by atoms with E-state index in [1.165, 1.54) is 26.2 Å². The fourth-order valence-electron chi connectivity index (χ4n) is 1.07. The van der Waals surface area contributed by atoms with Crippen LogP contribution in [0, 0.1) is 24.1 Å². The quantitative estimate of drug-likeness (QED) is 0.639. The molecule has 3 nitrogen and oxygen atoms in total. The molecule has 0 aromatic heterocycles. The molecule has 72 valence electrons. The van der Waals surface area contributed by atoms with Crippen molar-refractivity contribution in [2.45, 2.75) is 6.92 Å². The molecule has 1 aromatic rings. The highest BCUT2D eigenvalue weighted by Gasteiger charge is 2.16. The van der Waals surface area contributed by atoms with Gasteiger partial charge >= 0.3 is 5.97 Å². The van der Waals surface area contributed by atoms with E-state index >= 15 is 0 Å². The Labute approximate surface area is 80.7 Å². The lowest BCUT2D eigenvalue weighted by molar-refractivity contribution is 0.0600. The first kappa shape index (κ1) is 10.2. The number of nitriles is 1. The zero-order chi connectivity index (χ0) is 10.7. The first-order valence-electron chi connectivity index (χ1n) is 3.89. The number of nitrogens with zero attached hydrogens (tertiary/aromatic N) is 1. The number of carbonyl (C=O) groups is 1. The van der Waals surface area contributed by atoms with E-state index in [1.54, 1.807) is 6.07 Å². The summed E-state index contributed by atoms with van der Waals surface area (Å²) in [7, 11) is 1.18. The van der Waals surface area contributed by atoms with Crippen LogP contribution in [-0.2, 0) is 4.74 Å². The maximum Gasteiger partial charge on any atom is 0.339 e. The van der Waals surface area contributed by atoms with E-state index in [2.05, 4.69) is 4.74 Å². The third-order valence-electron chi connectivity index (χ3n) is 1.85. The van der Waals surface area contributed by atoms with Crippen LogP contribution in [0.3, 0.4) is 0 Å². The number of methoxy groups -OCH3 is 1. The van der Waals surface area contributed by atoms with Crippen molar-refractivity contribution in [3.8, 4) is 6.07 Å². The Balaban J connectivity index is 3.40. The minimum absolute atomic E-state index is 0.0434. The highest BCUT2D eigenvalue weighted by atomic mass is 19.1. The molecule has 1 aromatic carbocycles. The van der Waals surface area contributed by atoms with Crippen LogP contribution in [-0.4, -0.2) is 13.1 Å². The van der Waals surface area contributed by atoms with E-state index in [0.717, 1.165) is 0 Å². The maximum atomic E-state index is 13.3. The summed E-state index contributed by atoms with van der Waals surface area (Å²) in [5, 5.41) is 8.67. The summed E-state index contributed by atoms with van der Waals surface area (Å²) in [5.74, 6) is -1.38. The normalized spacial score (nSPS) is 9.29. The number of halogens is 1. The molecule has 0 saturated heterocycles. The van der Waals surface area contributed by atoms with E-state index in [4.69, 9.17) is 5.26 Å². The molecule has 0 aliphatic heterocycles. The lowest BCUT2D eigenvalue weighted by Gasteiger charge is -2.04. The number of ether oxygens (including phenoxy) is 1. The van der Waals surface area contributed by atoms with Crippen molar-refractivity contribution in [1.82, 2.24) is 0 Å². The van der Waals surface area contributed by atoms with Gasteiger partial charge in [0.05, 0.1) is 12.7 Å². The summed E-state index contributed by atoms with van der Waals surface area (Å²) in [5.41, 5.74) is 0.0177. The van der Waals surface area contributed by atoms with E-state index in [9.17, 15) is 9.18 Å². The van der Waals surface area contributed by atoms with Crippen molar-refractivity contribution in [2.24, 2.45) is 0 Å². The molecule has 0 N–H and O–H groups in total. The molecule has 0 saturated carbocycles. The fourth-order valence-corrected chi connectivity index (χ4v) is 1.07. The fraction of sp³-hybridized carbons (Fsp3) is 0.200. The minimum atomic E-state index is -0.708. The van der Waals surface area contributed by atoms with Gasteiger partial charge in [0.1, 0.15) is 17.4 Å². The van der Waals surface area contributed by atoms with E-state index in [1.807, 2.05) is 0 Å². The summed E-state index contributed by atoms with van der Waals surface area (Å²) in [6, 6.07) is 4.45. The van der Waals surface area contributed by atoms with Gasteiger partial charge in [-0.3, -0.25) is 0 Å². The third-order valence-corrected chi connectivity index (χ3v) is 1.85. The second-order valence-electron chi connectivity index (χ2n) is 2.72. The summed E-state index contributed by atoms with van der Waals surface area (Å²) < 4.78 is 17.7. The lowest BCUT2D eigenvalue weighted by Crippen LogP contribution is -2.06. The van der Waals surface area contributed by atoms with Gasteiger partial charge in [0, 0.05) is 0 Å². The predicted molar refractivity (Wildman–Crippen MR) is 47.2 cm³/mol. The summed E-state index contributed by atoms with van der Waals surface area (Å²) in [4.78, 5) is 11.1. The molecule has 0 amide bonds. The molecule has 0 bridgehead atoms. The second kappa shape index (κ2) is 3.88. The molecule has 0 heterocycles. The van der Waals surface area contributed by atoms with Crippen molar-refractivity contribution >= 4 is 5.97 Å². The van der Waals surface area contributed by atoms with Crippen LogP contribution in [0.1, 0.15) is 21.5 Å². The zero-order valence-electron chi connectivity index (χ0n) is 7.80. The Bertz CT molecular complexity index is 421. The van der Waals surface area contributed by atoms with Crippen LogP contribution < -0.4 is 0 Å². The van der Waals surface area contributed by atoms with Crippen molar-refractivity contribution < 1.29 is 13.9 Å². The van der Waals surface area contributed by atoms with Gasteiger partial charge in [0.15, 0.2) is 0 Å². The van der Waals surface area contributed by atoms with E-state index < -0.39 is 11.8 Å². The number of hydrogen-bond acceptors (Lipinski definition) is 3. The molecule has 14 heavy (non-hydrogen) atoms. The number of rotatable bonds is 1. The predicted octanol–water partition coefficient (Wildman–Crippen LogP) is 1.79. The maximum absolute atomic E-state index is 13.3. The zero-order valence-corrected chi connectivity index (χ0v) is 7.80. The summed E-state index contributed by atoms with van der Waals surface area (Å²) >= 11 is 0. The molecule has 0 radical (unpaired) electrons. The number of benzene rings is 1. The average molecular weight is 193 g/mol. The Hall–Kier alpha value is -1.89. The molecule has 1 rings (SSSR count).